The van der Waals surface area contributed by atoms with Crippen LogP contribution in [0.5, 0.6) is 0 Å². The van der Waals surface area contributed by atoms with Crippen LogP contribution in [0.25, 0.3) is 0 Å². The van der Waals surface area contributed by atoms with Gasteiger partial charge in [-0.1, -0.05) is 18.2 Å². The third-order valence-electron chi connectivity index (χ3n) is 3.88. The van der Waals surface area contributed by atoms with Gasteiger partial charge in [-0.3, -0.25) is 4.68 Å². The van der Waals surface area contributed by atoms with Gasteiger partial charge in [0.1, 0.15) is 0 Å². The molecular weight excluding hydrogens is 276 g/mol. The molecule has 0 aliphatic carbocycles. The van der Waals surface area contributed by atoms with Gasteiger partial charge in [0.2, 0.25) is 0 Å². The number of carbonyl (C=O) groups excluding carboxylic acids is 1. The Morgan fingerprint density at radius 1 is 1.23 bits per heavy atom. The Morgan fingerprint density at radius 3 is 2.59 bits per heavy atom. The van der Waals surface area contributed by atoms with Crippen LogP contribution in [0.3, 0.4) is 0 Å². The summed E-state index contributed by atoms with van der Waals surface area (Å²) in [6.07, 6.45) is 0.791. The first-order valence-corrected chi connectivity index (χ1v) is 7.66. The number of nitrogens with zero attached hydrogens (tertiary/aromatic N) is 2. The summed E-state index contributed by atoms with van der Waals surface area (Å²) in [5, 5.41) is 10.3. The normalized spacial score (nSPS) is 10.5. The van der Waals surface area contributed by atoms with Crippen molar-refractivity contribution in [1.29, 1.82) is 0 Å². The molecule has 0 saturated heterocycles. The van der Waals surface area contributed by atoms with Crippen LogP contribution in [-0.4, -0.2) is 22.4 Å². The summed E-state index contributed by atoms with van der Waals surface area (Å²) in [6.45, 7) is 9.61. The number of amides is 2. The molecule has 0 radical (unpaired) electrons. The highest BCUT2D eigenvalue weighted by atomic mass is 16.2. The number of benzene rings is 1. The average molecular weight is 300 g/mol. The lowest BCUT2D eigenvalue weighted by atomic mass is 10.1. The van der Waals surface area contributed by atoms with E-state index in [2.05, 4.69) is 29.6 Å². The van der Waals surface area contributed by atoms with E-state index in [9.17, 15) is 4.79 Å². The number of nitrogens with one attached hydrogen (secondary N) is 2. The molecule has 0 unspecified atom stereocenters. The van der Waals surface area contributed by atoms with E-state index in [-0.39, 0.29) is 6.03 Å². The lowest BCUT2D eigenvalue weighted by molar-refractivity contribution is 0.252. The van der Waals surface area contributed by atoms with Gasteiger partial charge in [0.05, 0.1) is 5.69 Å². The first kappa shape index (κ1) is 16.1. The van der Waals surface area contributed by atoms with Crippen LogP contribution in [0.15, 0.2) is 24.3 Å². The second-order valence-electron chi connectivity index (χ2n) is 5.41. The Hall–Kier alpha value is -2.30. The van der Waals surface area contributed by atoms with E-state index < -0.39 is 0 Å². The molecule has 0 fully saturated rings. The lowest BCUT2D eigenvalue weighted by Crippen LogP contribution is -2.30. The molecule has 5 heteroatoms. The van der Waals surface area contributed by atoms with Crippen LogP contribution >= 0.6 is 0 Å². The number of hydrogen-bond donors (Lipinski definition) is 2. The first-order chi connectivity index (χ1) is 10.5. The zero-order chi connectivity index (χ0) is 16.1. The quantitative estimate of drug-likeness (QED) is 0.891. The number of carbonyl (C=O) groups is 1. The van der Waals surface area contributed by atoms with Gasteiger partial charge in [-0.15, -0.1) is 0 Å². The summed E-state index contributed by atoms with van der Waals surface area (Å²) in [6, 6.07) is 7.56. The van der Waals surface area contributed by atoms with E-state index in [1.54, 1.807) is 0 Å². The Morgan fingerprint density at radius 2 is 1.95 bits per heavy atom. The van der Waals surface area contributed by atoms with Gasteiger partial charge in [0.25, 0.3) is 0 Å². The monoisotopic (exact) mass is 300 g/mol. The molecular formula is C17H24N4O. The molecule has 1 aromatic carbocycles. The maximum absolute atomic E-state index is 11.9. The predicted octanol–water partition coefficient (Wildman–Crippen LogP) is 3.19. The number of hydrogen-bond acceptors (Lipinski definition) is 2. The fraction of sp³-hybridized carbons (Fsp3) is 0.412. The van der Waals surface area contributed by atoms with Crippen molar-refractivity contribution in [2.24, 2.45) is 0 Å². The van der Waals surface area contributed by atoms with Gasteiger partial charge in [-0.05, 0) is 51.3 Å². The van der Waals surface area contributed by atoms with Crippen LogP contribution in [-0.2, 0) is 13.0 Å². The number of urea groups is 1. The fourth-order valence-electron chi connectivity index (χ4n) is 2.58. The predicted molar refractivity (Wildman–Crippen MR) is 89.3 cm³/mol. The Kier molecular flexibility index (Phi) is 5.20. The minimum Gasteiger partial charge on any atom is -0.338 e. The van der Waals surface area contributed by atoms with E-state index >= 15 is 0 Å². The molecule has 118 valence electrons. The standard InChI is InChI=1S/C17H24N4O/c1-5-21-14(4)15(13(3)20-21)10-11-18-17(22)19-16-9-7-6-8-12(16)2/h6-9H,5,10-11H2,1-4H3,(H2,18,19,22). The molecule has 0 atom stereocenters. The number of para-hydroxylation sites is 1. The summed E-state index contributed by atoms with van der Waals surface area (Å²) in [5.41, 5.74) is 5.33. The molecule has 1 aromatic heterocycles. The SMILES string of the molecule is CCn1nc(C)c(CCNC(=O)Nc2ccccc2C)c1C. The summed E-state index contributed by atoms with van der Waals surface area (Å²) in [7, 11) is 0. The Bertz CT molecular complexity index is 661. The Balaban J connectivity index is 1.88. The fourth-order valence-corrected chi connectivity index (χ4v) is 2.58. The molecule has 2 aromatic rings. The van der Waals surface area contributed by atoms with Crippen molar-refractivity contribution < 1.29 is 4.79 Å². The van der Waals surface area contributed by atoms with Gasteiger partial charge in [-0.25, -0.2) is 4.79 Å². The average Bonchev–Trinajstić information content (AvgIpc) is 2.77. The summed E-state index contributed by atoms with van der Waals surface area (Å²) < 4.78 is 2.00. The highest BCUT2D eigenvalue weighted by Crippen LogP contribution is 2.14. The van der Waals surface area contributed by atoms with Gasteiger partial charge < -0.3 is 10.6 Å². The number of rotatable bonds is 5. The zero-order valence-electron chi connectivity index (χ0n) is 13.7. The lowest BCUT2D eigenvalue weighted by Gasteiger charge is -2.10. The van der Waals surface area contributed by atoms with Crippen molar-refractivity contribution in [3.63, 3.8) is 0 Å². The smallest absolute Gasteiger partial charge is 0.319 e. The maximum Gasteiger partial charge on any atom is 0.319 e. The molecule has 2 amide bonds. The molecule has 0 aliphatic heterocycles. The van der Waals surface area contributed by atoms with Crippen LogP contribution in [0.1, 0.15) is 29.4 Å². The van der Waals surface area contributed by atoms with Crippen LogP contribution in [0.4, 0.5) is 10.5 Å². The molecule has 1 heterocycles. The van der Waals surface area contributed by atoms with E-state index in [1.165, 1.54) is 11.3 Å². The van der Waals surface area contributed by atoms with E-state index in [1.807, 2.05) is 42.8 Å². The minimum absolute atomic E-state index is 0.174. The molecule has 2 N–H and O–H groups in total. The van der Waals surface area contributed by atoms with Crippen molar-refractivity contribution in [3.8, 4) is 0 Å². The Labute approximate surface area is 131 Å². The van der Waals surface area contributed by atoms with Crippen LogP contribution in [0, 0.1) is 20.8 Å². The molecule has 0 spiro atoms. The van der Waals surface area contributed by atoms with E-state index in [0.29, 0.717) is 6.54 Å². The third-order valence-corrected chi connectivity index (χ3v) is 3.88. The van der Waals surface area contributed by atoms with Gasteiger partial charge in [0.15, 0.2) is 0 Å². The van der Waals surface area contributed by atoms with Crippen molar-refractivity contribution in [2.45, 2.75) is 40.7 Å². The summed E-state index contributed by atoms with van der Waals surface area (Å²) >= 11 is 0. The topological polar surface area (TPSA) is 59.0 Å². The molecule has 0 bridgehead atoms. The van der Waals surface area contributed by atoms with Crippen molar-refractivity contribution in [3.05, 3.63) is 46.8 Å². The molecule has 5 nitrogen and oxygen atoms in total. The molecule has 0 aliphatic rings. The summed E-state index contributed by atoms with van der Waals surface area (Å²) in [5.74, 6) is 0. The zero-order valence-corrected chi connectivity index (χ0v) is 13.7. The second-order valence-corrected chi connectivity index (χ2v) is 5.41. The van der Waals surface area contributed by atoms with Gasteiger partial charge >= 0.3 is 6.03 Å². The van der Waals surface area contributed by atoms with Crippen molar-refractivity contribution in [1.82, 2.24) is 15.1 Å². The van der Waals surface area contributed by atoms with Gasteiger partial charge in [0, 0.05) is 24.5 Å². The maximum atomic E-state index is 11.9. The largest absolute Gasteiger partial charge is 0.338 e. The molecule has 22 heavy (non-hydrogen) atoms. The molecule has 2 rings (SSSR count). The first-order valence-electron chi connectivity index (χ1n) is 7.66. The van der Waals surface area contributed by atoms with E-state index in [0.717, 1.165) is 29.9 Å². The third kappa shape index (κ3) is 3.67. The van der Waals surface area contributed by atoms with Crippen molar-refractivity contribution in [2.75, 3.05) is 11.9 Å². The highest BCUT2D eigenvalue weighted by Gasteiger charge is 2.10. The number of anilines is 1. The van der Waals surface area contributed by atoms with Crippen molar-refractivity contribution >= 4 is 11.7 Å². The van der Waals surface area contributed by atoms with Crippen LogP contribution < -0.4 is 10.6 Å². The number of aromatic nitrogens is 2. The minimum atomic E-state index is -0.174. The highest BCUT2D eigenvalue weighted by molar-refractivity contribution is 5.89. The van der Waals surface area contributed by atoms with Gasteiger partial charge in [-0.2, -0.15) is 5.10 Å². The molecule has 0 saturated carbocycles. The van der Waals surface area contributed by atoms with Crippen LogP contribution in [0.2, 0.25) is 0 Å². The number of aryl methyl sites for hydroxylation is 3. The summed E-state index contributed by atoms with van der Waals surface area (Å²) in [4.78, 5) is 11.9. The second kappa shape index (κ2) is 7.11. The van der Waals surface area contributed by atoms with E-state index in [4.69, 9.17) is 0 Å².